The molecule has 0 aromatic heterocycles. The van der Waals surface area contributed by atoms with Crippen LogP contribution < -0.4 is 5.32 Å². The Kier molecular flexibility index (Phi) is 3.69. The quantitative estimate of drug-likeness (QED) is 0.777. The van der Waals surface area contributed by atoms with Crippen LogP contribution in [0.4, 0.5) is 0 Å². The van der Waals surface area contributed by atoms with Crippen LogP contribution in [0.3, 0.4) is 0 Å². The van der Waals surface area contributed by atoms with Gasteiger partial charge in [0.15, 0.2) is 0 Å². The topological polar surface area (TPSA) is 49.4 Å². The number of carbonyl (C=O) groups is 2. The minimum Gasteiger partial charge on any atom is -0.356 e. The highest BCUT2D eigenvalue weighted by molar-refractivity contribution is 5.89. The Bertz CT molecular complexity index is 311. The van der Waals surface area contributed by atoms with Crippen LogP contribution in [0.25, 0.3) is 0 Å². The van der Waals surface area contributed by atoms with E-state index in [0.717, 1.165) is 13.1 Å². The third kappa shape index (κ3) is 3.45. The van der Waals surface area contributed by atoms with Crippen LogP contribution in [0.2, 0.25) is 0 Å². The normalized spacial score (nSPS) is 24.5. The van der Waals surface area contributed by atoms with Crippen LogP contribution in [0, 0.1) is 17.8 Å². The van der Waals surface area contributed by atoms with Gasteiger partial charge in [-0.2, -0.15) is 0 Å². The zero-order valence-electron chi connectivity index (χ0n) is 10.7. The number of amides is 2. The summed E-state index contributed by atoms with van der Waals surface area (Å²) < 4.78 is 0. The summed E-state index contributed by atoms with van der Waals surface area (Å²) in [6, 6.07) is 0. The Morgan fingerprint density at radius 3 is 2.76 bits per heavy atom. The zero-order chi connectivity index (χ0) is 12.4. The van der Waals surface area contributed by atoms with Gasteiger partial charge < -0.3 is 10.2 Å². The standard InChI is InChI=1S/C13H22N2O2/c1-9(2)7-15-8-11(5-12(15)16)13(17)14-6-10-3-4-10/h9-11H,3-8H2,1-2H3,(H,14,17). The number of rotatable bonds is 5. The maximum atomic E-state index is 11.9. The van der Waals surface area contributed by atoms with Gasteiger partial charge in [-0.15, -0.1) is 0 Å². The molecule has 1 unspecified atom stereocenters. The van der Waals surface area contributed by atoms with E-state index in [2.05, 4.69) is 19.2 Å². The molecule has 4 heteroatoms. The van der Waals surface area contributed by atoms with Crippen molar-refractivity contribution in [3.05, 3.63) is 0 Å². The van der Waals surface area contributed by atoms with Gasteiger partial charge in [-0.25, -0.2) is 0 Å². The fraction of sp³-hybridized carbons (Fsp3) is 0.846. The maximum absolute atomic E-state index is 11.9. The highest BCUT2D eigenvalue weighted by atomic mass is 16.2. The molecule has 1 saturated heterocycles. The summed E-state index contributed by atoms with van der Waals surface area (Å²) >= 11 is 0. The van der Waals surface area contributed by atoms with Crippen molar-refractivity contribution in [3.63, 3.8) is 0 Å². The summed E-state index contributed by atoms with van der Waals surface area (Å²) in [4.78, 5) is 25.4. The van der Waals surface area contributed by atoms with Gasteiger partial charge in [0.05, 0.1) is 5.92 Å². The predicted molar refractivity (Wildman–Crippen MR) is 65.3 cm³/mol. The number of nitrogens with zero attached hydrogens (tertiary/aromatic N) is 1. The molecule has 1 saturated carbocycles. The van der Waals surface area contributed by atoms with Gasteiger partial charge in [0.1, 0.15) is 0 Å². The lowest BCUT2D eigenvalue weighted by Crippen LogP contribution is -2.34. The first-order valence-corrected chi connectivity index (χ1v) is 6.61. The Labute approximate surface area is 103 Å². The first kappa shape index (κ1) is 12.4. The average molecular weight is 238 g/mol. The van der Waals surface area contributed by atoms with Gasteiger partial charge in [-0.05, 0) is 24.7 Å². The highest BCUT2D eigenvalue weighted by Gasteiger charge is 2.34. The summed E-state index contributed by atoms with van der Waals surface area (Å²) in [6.07, 6.45) is 2.87. The van der Waals surface area contributed by atoms with Crippen molar-refractivity contribution in [3.8, 4) is 0 Å². The molecule has 4 nitrogen and oxygen atoms in total. The number of carbonyl (C=O) groups excluding carboxylic acids is 2. The van der Waals surface area contributed by atoms with Crippen LogP contribution in [-0.4, -0.2) is 36.3 Å². The van der Waals surface area contributed by atoms with Gasteiger partial charge >= 0.3 is 0 Å². The molecular weight excluding hydrogens is 216 g/mol. The molecule has 1 aliphatic carbocycles. The Morgan fingerprint density at radius 1 is 1.47 bits per heavy atom. The van der Waals surface area contributed by atoms with E-state index in [0.29, 0.717) is 24.8 Å². The van der Waals surface area contributed by atoms with Crippen molar-refractivity contribution < 1.29 is 9.59 Å². The van der Waals surface area contributed by atoms with Crippen molar-refractivity contribution >= 4 is 11.8 Å². The molecular formula is C13H22N2O2. The SMILES string of the molecule is CC(C)CN1CC(C(=O)NCC2CC2)CC1=O. The zero-order valence-corrected chi connectivity index (χ0v) is 10.7. The van der Waals surface area contributed by atoms with Crippen LogP contribution >= 0.6 is 0 Å². The Balaban J connectivity index is 1.78. The lowest BCUT2D eigenvalue weighted by molar-refractivity contribution is -0.129. The molecule has 1 N–H and O–H groups in total. The minimum atomic E-state index is -0.125. The van der Waals surface area contributed by atoms with Crippen LogP contribution in [0.15, 0.2) is 0 Å². The van der Waals surface area contributed by atoms with Gasteiger partial charge in [-0.3, -0.25) is 9.59 Å². The van der Waals surface area contributed by atoms with Crippen molar-refractivity contribution in [1.82, 2.24) is 10.2 Å². The van der Waals surface area contributed by atoms with Crippen molar-refractivity contribution in [2.75, 3.05) is 19.6 Å². The first-order valence-electron chi connectivity index (χ1n) is 6.61. The number of hydrogen-bond donors (Lipinski definition) is 1. The van der Waals surface area contributed by atoms with Crippen LogP contribution in [0.1, 0.15) is 33.1 Å². The smallest absolute Gasteiger partial charge is 0.225 e. The molecule has 1 heterocycles. The molecule has 17 heavy (non-hydrogen) atoms. The summed E-state index contributed by atoms with van der Waals surface area (Å²) in [5, 5.41) is 2.96. The molecule has 2 fully saturated rings. The second-order valence-electron chi connectivity index (χ2n) is 5.78. The van der Waals surface area contributed by atoms with E-state index in [1.165, 1.54) is 12.8 Å². The van der Waals surface area contributed by atoms with E-state index in [1.807, 2.05) is 4.90 Å². The second-order valence-corrected chi connectivity index (χ2v) is 5.78. The molecule has 0 aromatic rings. The molecule has 1 atom stereocenters. The molecule has 0 bridgehead atoms. The maximum Gasteiger partial charge on any atom is 0.225 e. The van der Waals surface area contributed by atoms with E-state index < -0.39 is 0 Å². The third-order valence-electron chi connectivity index (χ3n) is 3.43. The van der Waals surface area contributed by atoms with E-state index in [4.69, 9.17) is 0 Å². The predicted octanol–water partition coefficient (Wildman–Crippen LogP) is 1.02. The van der Waals surface area contributed by atoms with Gasteiger partial charge in [0.2, 0.25) is 11.8 Å². The molecule has 0 spiro atoms. The van der Waals surface area contributed by atoms with Crippen molar-refractivity contribution in [2.45, 2.75) is 33.1 Å². The fourth-order valence-corrected chi connectivity index (χ4v) is 2.28. The third-order valence-corrected chi connectivity index (χ3v) is 3.43. The highest BCUT2D eigenvalue weighted by Crippen LogP contribution is 2.28. The monoisotopic (exact) mass is 238 g/mol. The molecule has 96 valence electrons. The summed E-state index contributed by atoms with van der Waals surface area (Å²) in [7, 11) is 0. The molecule has 0 aromatic carbocycles. The van der Waals surface area contributed by atoms with Crippen LogP contribution in [0.5, 0.6) is 0 Å². The number of nitrogens with one attached hydrogen (secondary N) is 1. The lowest BCUT2D eigenvalue weighted by atomic mass is 10.1. The van der Waals surface area contributed by atoms with E-state index in [9.17, 15) is 9.59 Å². The molecule has 2 aliphatic rings. The average Bonchev–Trinajstić information content (AvgIpc) is 3.01. The van der Waals surface area contributed by atoms with Gasteiger partial charge in [0.25, 0.3) is 0 Å². The molecule has 2 amide bonds. The first-order chi connectivity index (χ1) is 8.06. The Hall–Kier alpha value is -1.06. The lowest BCUT2D eigenvalue weighted by Gasteiger charge is -2.18. The van der Waals surface area contributed by atoms with Crippen molar-refractivity contribution in [2.24, 2.45) is 17.8 Å². The molecule has 2 rings (SSSR count). The number of hydrogen-bond acceptors (Lipinski definition) is 2. The largest absolute Gasteiger partial charge is 0.356 e. The summed E-state index contributed by atoms with van der Waals surface area (Å²) in [5.41, 5.74) is 0. The van der Waals surface area contributed by atoms with E-state index >= 15 is 0 Å². The van der Waals surface area contributed by atoms with Gasteiger partial charge in [-0.1, -0.05) is 13.8 Å². The number of likely N-dealkylation sites (tertiary alicyclic amines) is 1. The molecule has 0 radical (unpaired) electrons. The fourth-order valence-electron chi connectivity index (χ4n) is 2.28. The van der Waals surface area contributed by atoms with Crippen LogP contribution in [-0.2, 0) is 9.59 Å². The summed E-state index contributed by atoms with van der Waals surface area (Å²) in [5.74, 6) is 1.23. The van der Waals surface area contributed by atoms with Gasteiger partial charge in [0, 0.05) is 26.1 Å². The van der Waals surface area contributed by atoms with E-state index in [1.54, 1.807) is 0 Å². The second kappa shape index (κ2) is 5.07. The minimum absolute atomic E-state index is 0.0662. The van der Waals surface area contributed by atoms with E-state index in [-0.39, 0.29) is 17.7 Å². The summed E-state index contributed by atoms with van der Waals surface area (Å²) in [6.45, 7) is 6.36. The Morgan fingerprint density at radius 2 is 2.18 bits per heavy atom. The molecule has 1 aliphatic heterocycles. The van der Waals surface area contributed by atoms with Crippen molar-refractivity contribution in [1.29, 1.82) is 0 Å².